The number of benzene rings is 2. The zero-order chi connectivity index (χ0) is 18.9. The molecule has 3 aromatic rings. The Labute approximate surface area is 162 Å². The highest BCUT2D eigenvalue weighted by molar-refractivity contribution is 7.99. The number of hydrogen-bond acceptors (Lipinski definition) is 5. The van der Waals surface area contributed by atoms with Crippen LogP contribution in [0.15, 0.2) is 65.8 Å². The maximum absolute atomic E-state index is 12.0. The molecular formula is C20H22N4O2S. The Morgan fingerprint density at radius 2 is 1.70 bits per heavy atom. The molecule has 140 valence electrons. The Hall–Kier alpha value is -2.64. The SMILES string of the molecule is CCn1c(Cc2ccccc2)nnc1SCC(=O)NOCc1ccccc1. The van der Waals surface area contributed by atoms with Crippen LogP contribution in [-0.4, -0.2) is 26.4 Å². The van der Waals surface area contributed by atoms with E-state index in [2.05, 4.69) is 27.8 Å². The Bertz CT molecular complexity index is 853. The molecule has 0 saturated heterocycles. The Morgan fingerprint density at radius 1 is 1.04 bits per heavy atom. The summed E-state index contributed by atoms with van der Waals surface area (Å²) < 4.78 is 2.04. The minimum Gasteiger partial charge on any atom is -0.306 e. The minimum atomic E-state index is -0.203. The van der Waals surface area contributed by atoms with E-state index in [-0.39, 0.29) is 11.7 Å². The molecule has 7 heteroatoms. The third-order valence-corrected chi connectivity index (χ3v) is 4.88. The first-order chi connectivity index (χ1) is 13.3. The summed E-state index contributed by atoms with van der Waals surface area (Å²) in [6, 6.07) is 19.8. The van der Waals surface area contributed by atoms with Crippen molar-refractivity contribution in [2.75, 3.05) is 5.75 Å². The van der Waals surface area contributed by atoms with Gasteiger partial charge in [0.25, 0.3) is 5.91 Å². The lowest BCUT2D eigenvalue weighted by Crippen LogP contribution is -2.25. The topological polar surface area (TPSA) is 69.0 Å². The standard InChI is InChI=1S/C20H22N4O2S/c1-2-24-18(13-16-9-5-3-6-10-16)21-22-20(24)27-15-19(25)23-26-14-17-11-7-4-8-12-17/h3-12H,2,13-15H2,1H3,(H,23,25). The number of carbonyl (C=O) groups is 1. The number of nitrogens with one attached hydrogen (secondary N) is 1. The summed E-state index contributed by atoms with van der Waals surface area (Å²) in [7, 11) is 0. The van der Waals surface area contributed by atoms with Crippen molar-refractivity contribution in [3.05, 3.63) is 77.6 Å². The van der Waals surface area contributed by atoms with Crippen LogP contribution in [0.4, 0.5) is 0 Å². The average Bonchev–Trinajstić information content (AvgIpc) is 3.09. The van der Waals surface area contributed by atoms with Gasteiger partial charge in [0.1, 0.15) is 5.82 Å². The molecule has 1 heterocycles. The highest BCUT2D eigenvalue weighted by Crippen LogP contribution is 2.18. The van der Waals surface area contributed by atoms with Crippen molar-refractivity contribution in [2.24, 2.45) is 0 Å². The normalized spacial score (nSPS) is 10.7. The number of thioether (sulfide) groups is 1. The van der Waals surface area contributed by atoms with Gasteiger partial charge in [-0.1, -0.05) is 72.4 Å². The van der Waals surface area contributed by atoms with Gasteiger partial charge in [-0.25, -0.2) is 5.48 Å². The summed E-state index contributed by atoms with van der Waals surface area (Å²) in [6.45, 7) is 3.14. The Balaban J connectivity index is 1.49. The highest BCUT2D eigenvalue weighted by atomic mass is 32.2. The second-order valence-corrected chi connectivity index (χ2v) is 6.84. The first kappa shape index (κ1) is 19.1. The van der Waals surface area contributed by atoms with E-state index < -0.39 is 0 Å². The van der Waals surface area contributed by atoms with Gasteiger partial charge in [0, 0.05) is 13.0 Å². The Morgan fingerprint density at radius 3 is 2.37 bits per heavy atom. The van der Waals surface area contributed by atoms with Crippen molar-refractivity contribution in [3.8, 4) is 0 Å². The van der Waals surface area contributed by atoms with Gasteiger partial charge in [-0.15, -0.1) is 10.2 Å². The second-order valence-electron chi connectivity index (χ2n) is 5.89. The van der Waals surface area contributed by atoms with Crippen LogP contribution in [0.25, 0.3) is 0 Å². The van der Waals surface area contributed by atoms with Crippen LogP contribution in [0.5, 0.6) is 0 Å². The lowest BCUT2D eigenvalue weighted by atomic mass is 10.1. The molecule has 1 N–H and O–H groups in total. The summed E-state index contributed by atoms with van der Waals surface area (Å²) in [5, 5.41) is 9.27. The average molecular weight is 382 g/mol. The highest BCUT2D eigenvalue weighted by Gasteiger charge is 2.13. The summed E-state index contributed by atoms with van der Waals surface area (Å²) in [4.78, 5) is 17.2. The molecular weight excluding hydrogens is 360 g/mol. The van der Waals surface area contributed by atoms with E-state index in [9.17, 15) is 4.79 Å². The number of hydrogen-bond donors (Lipinski definition) is 1. The van der Waals surface area contributed by atoms with Crippen molar-refractivity contribution >= 4 is 17.7 Å². The molecule has 0 aliphatic heterocycles. The third kappa shape index (κ3) is 5.67. The predicted molar refractivity (Wildman–Crippen MR) is 105 cm³/mol. The lowest BCUT2D eigenvalue weighted by molar-refractivity contribution is -0.131. The first-order valence-corrected chi connectivity index (χ1v) is 9.78. The fourth-order valence-electron chi connectivity index (χ4n) is 2.59. The fourth-order valence-corrected chi connectivity index (χ4v) is 3.39. The molecule has 0 bridgehead atoms. The molecule has 0 atom stereocenters. The van der Waals surface area contributed by atoms with E-state index in [0.29, 0.717) is 13.0 Å². The van der Waals surface area contributed by atoms with E-state index in [1.54, 1.807) is 0 Å². The van der Waals surface area contributed by atoms with E-state index in [0.717, 1.165) is 23.1 Å². The molecule has 0 spiro atoms. The van der Waals surface area contributed by atoms with Gasteiger partial charge < -0.3 is 4.57 Å². The molecule has 2 aromatic carbocycles. The summed E-state index contributed by atoms with van der Waals surface area (Å²) >= 11 is 1.35. The Kier molecular flexibility index (Phi) is 7.01. The number of amides is 1. The zero-order valence-electron chi connectivity index (χ0n) is 15.2. The number of aromatic nitrogens is 3. The van der Waals surface area contributed by atoms with E-state index >= 15 is 0 Å². The van der Waals surface area contributed by atoms with Gasteiger partial charge >= 0.3 is 0 Å². The summed E-state index contributed by atoms with van der Waals surface area (Å²) in [5.74, 6) is 0.913. The van der Waals surface area contributed by atoms with Gasteiger partial charge in [0.05, 0.1) is 12.4 Å². The minimum absolute atomic E-state index is 0.203. The van der Waals surface area contributed by atoms with Crippen LogP contribution in [-0.2, 0) is 29.2 Å². The zero-order valence-corrected chi connectivity index (χ0v) is 16.0. The van der Waals surface area contributed by atoms with Crippen molar-refractivity contribution in [3.63, 3.8) is 0 Å². The van der Waals surface area contributed by atoms with E-state index in [1.807, 2.05) is 60.0 Å². The molecule has 0 saturated carbocycles. The van der Waals surface area contributed by atoms with E-state index in [4.69, 9.17) is 4.84 Å². The second kappa shape index (κ2) is 9.89. The van der Waals surface area contributed by atoms with Gasteiger partial charge in [0.2, 0.25) is 0 Å². The fraction of sp³-hybridized carbons (Fsp3) is 0.250. The number of nitrogens with zero attached hydrogens (tertiary/aromatic N) is 3. The van der Waals surface area contributed by atoms with Gasteiger partial charge in [-0.05, 0) is 18.1 Å². The van der Waals surface area contributed by atoms with Crippen molar-refractivity contribution < 1.29 is 9.63 Å². The van der Waals surface area contributed by atoms with Crippen molar-refractivity contribution in [2.45, 2.75) is 31.7 Å². The van der Waals surface area contributed by atoms with Crippen LogP contribution in [0.2, 0.25) is 0 Å². The number of hydroxylamine groups is 1. The van der Waals surface area contributed by atoms with Gasteiger partial charge in [0.15, 0.2) is 5.16 Å². The summed E-state index contributed by atoms with van der Waals surface area (Å²) in [5.41, 5.74) is 4.65. The van der Waals surface area contributed by atoms with Crippen LogP contribution < -0.4 is 5.48 Å². The quantitative estimate of drug-likeness (QED) is 0.455. The first-order valence-electron chi connectivity index (χ1n) is 8.79. The number of rotatable bonds is 9. The number of carbonyl (C=O) groups excluding carboxylic acids is 1. The molecule has 1 aromatic heterocycles. The molecule has 3 rings (SSSR count). The molecule has 0 aliphatic carbocycles. The smallest absolute Gasteiger partial charge is 0.254 e. The van der Waals surface area contributed by atoms with Gasteiger partial charge in [-0.2, -0.15) is 0 Å². The summed E-state index contributed by atoms with van der Waals surface area (Å²) in [6.07, 6.45) is 0.717. The van der Waals surface area contributed by atoms with Gasteiger partial charge in [-0.3, -0.25) is 9.63 Å². The maximum Gasteiger partial charge on any atom is 0.254 e. The third-order valence-electron chi connectivity index (χ3n) is 3.91. The van der Waals surface area contributed by atoms with Crippen molar-refractivity contribution in [1.82, 2.24) is 20.2 Å². The molecule has 0 aliphatic rings. The molecule has 0 radical (unpaired) electrons. The molecule has 1 amide bonds. The maximum atomic E-state index is 12.0. The van der Waals surface area contributed by atoms with E-state index in [1.165, 1.54) is 17.3 Å². The molecule has 27 heavy (non-hydrogen) atoms. The lowest BCUT2D eigenvalue weighted by Gasteiger charge is -2.08. The van der Waals surface area contributed by atoms with Crippen LogP contribution in [0, 0.1) is 0 Å². The molecule has 0 fully saturated rings. The molecule has 6 nitrogen and oxygen atoms in total. The van der Waals surface area contributed by atoms with Crippen molar-refractivity contribution in [1.29, 1.82) is 0 Å². The van der Waals surface area contributed by atoms with Crippen LogP contribution in [0.1, 0.15) is 23.9 Å². The van der Waals surface area contributed by atoms with Crippen LogP contribution >= 0.6 is 11.8 Å². The monoisotopic (exact) mass is 382 g/mol. The largest absolute Gasteiger partial charge is 0.306 e. The molecule has 0 unspecified atom stereocenters. The predicted octanol–water partition coefficient (Wildman–Crippen LogP) is 3.23. The van der Waals surface area contributed by atoms with Crippen LogP contribution in [0.3, 0.4) is 0 Å².